The smallest absolute Gasteiger partial charge is 0.160 e. The van der Waals surface area contributed by atoms with Crippen molar-refractivity contribution < 1.29 is 5.48 Å². The summed E-state index contributed by atoms with van der Waals surface area (Å²) in [5, 5.41) is 2.42. The number of fused-ring (bicyclic) bond motifs is 3. The number of hydrogen-bond donors (Lipinski definition) is 0. The van der Waals surface area contributed by atoms with Crippen molar-refractivity contribution in [1.82, 2.24) is 9.97 Å². The Morgan fingerprint density at radius 2 is 1.70 bits per heavy atom. The third kappa shape index (κ3) is 2.90. The Morgan fingerprint density at radius 3 is 2.63 bits per heavy atom. The molecule has 2 nitrogen and oxygen atoms in total. The van der Waals surface area contributed by atoms with E-state index >= 15 is 0 Å². The molecule has 2 heterocycles. The van der Waals surface area contributed by atoms with Gasteiger partial charge in [0.2, 0.25) is 0 Å². The van der Waals surface area contributed by atoms with Gasteiger partial charge in [-0.05, 0) is 38.1 Å². The summed E-state index contributed by atoms with van der Waals surface area (Å²) in [6.07, 6.45) is 0. The van der Waals surface area contributed by atoms with Crippen molar-refractivity contribution in [3.63, 3.8) is 0 Å². The zero-order chi connectivity index (χ0) is 21.9. The van der Waals surface area contributed by atoms with Crippen molar-refractivity contribution in [1.29, 1.82) is 0 Å². The first kappa shape index (κ1) is 12.4. The van der Waals surface area contributed by atoms with Gasteiger partial charge in [0.25, 0.3) is 0 Å². The van der Waals surface area contributed by atoms with Crippen LogP contribution in [-0.4, -0.2) is 9.97 Å². The molecule has 5 rings (SSSR count). The van der Waals surface area contributed by atoms with Gasteiger partial charge in [0, 0.05) is 37.0 Å². The molecule has 0 bridgehead atoms. The summed E-state index contributed by atoms with van der Waals surface area (Å²) in [6.45, 7) is 3.49. The van der Waals surface area contributed by atoms with Crippen LogP contribution in [0.2, 0.25) is 0 Å². The van der Waals surface area contributed by atoms with E-state index in [1.165, 1.54) is 15.5 Å². The molecule has 0 aliphatic carbocycles. The topological polar surface area (TPSA) is 25.8 Å². The molecular weight excluding hydrogens is 348 g/mol. The summed E-state index contributed by atoms with van der Waals surface area (Å²) < 4.78 is 35.2. The molecule has 2 aromatic heterocycles. The predicted molar refractivity (Wildman–Crippen MR) is 115 cm³/mol. The van der Waals surface area contributed by atoms with Crippen LogP contribution in [-0.2, 0) is 0 Å². The normalized spacial score (nSPS) is 13.4. The lowest BCUT2D eigenvalue weighted by atomic mass is 10.1. The lowest BCUT2D eigenvalue weighted by molar-refractivity contribution is 1.12. The number of hydrogen-bond acceptors (Lipinski definition) is 3. The van der Waals surface area contributed by atoms with Crippen molar-refractivity contribution in [3.8, 4) is 22.6 Å². The Labute approximate surface area is 167 Å². The average Bonchev–Trinajstić information content (AvgIpc) is 3.14. The zero-order valence-electron chi connectivity index (χ0n) is 18.9. The van der Waals surface area contributed by atoms with Crippen LogP contribution in [0.5, 0.6) is 0 Å². The number of nitrogens with zero attached hydrogens (tertiary/aromatic N) is 2. The first-order chi connectivity index (χ1) is 14.8. The molecule has 0 aliphatic rings. The molecule has 0 saturated carbocycles. The third-order valence-corrected chi connectivity index (χ3v) is 5.63. The Kier molecular flexibility index (Phi) is 2.88. The van der Waals surface area contributed by atoms with Crippen LogP contribution in [0.15, 0.2) is 72.7 Å². The molecule has 3 aromatic carbocycles. The summed E-state index contributed by atoms with van der Waals surface area (Å²) in [4.78, 5) is 9.28. The second kappa shape index (κ2) is 6.29. The number of thiophene rings is 1. The molecule has 0 amide bonds. The van der Waals surface area contributed by atoms with E-state index in [0.717, 1.165) is 16.0 Å². The van der Waals surface area contributed by atoms with Gasteiger partial charge in [-0.25, -0.2) is 9.97 Å². The summed E-state index contributed by atoms with van der Waals surface area (Å²) >= 11 is 1.72. The lowest BCUT2D eigenvalue weighted by Gasteiger charge is -2.07. The van der Waals surface area contributed by atoms with Gasteiger partial charge in [-0.15, -0.1) is 11.3 Å². The minimum atomic E-state index is -0.187. The lowest BCUT2D eigenvalue weighted by Crippen LogP contribution is -1.95. The molecule has 3 heteroatoms. The SMILES string of the molecule is [2H]c1c([2H])c(C)c([2H])c(-c2cc(C)nc(-c3ccc4c(c3)sc3ccccc34)n2)c1[2H]. The summed E-state index contributed by atoms with van der Waals surface area (Å²) in [7, 11) is 0. The van der Waals surface area contributed by atoms with Gasteiger partial charge >= 0.3 is 0 Å². The van der Waals surface area contributed by atoms with Crippen molar-refractivity contribution in [2.75, 3.05) is 0 Å². The molecule has 0 atom stereocenters. The highest BCUT2D eigenvalue weighted by Gasteiger charge is 2.10. The summed E-state index contributed by atoms with van der Waals surface area (Å²) in [5.74, 6) is 0.521. The molecule has 5 aromatic rings. The van der Waals surface area contributed by atoms with Gasteiger partial charge in [-0.1, -0.05) is 54.0 Å². The zero-order valence-corrected chi connectivity index (χ0v) is 15.7. The molecule has 0 radical (unpaired) electrons. The second-order valence-electron chi connectivity index (χ2n) is 6.53. The molecular formula is C24H18N2S. The first-order valence-corrected chi connectivity index (χ1v) is 9.51. The van der Waals surface area contributed by atoms with E-state index in [-0.39, 0.29) is 29.7 Å². The van der Waals surface area contributed by atoms with Gasteiger partial charge in [0.05, 0.1) is 11.2 Å². The molecule has 0 fully saturated rings. The average molecular weight is 371 g/mol. The standard InChI is InChI=1S/C24H18N2S/c1-15-6-5-7-17(12-15)21-13-16(2)25-24(26-21)18-10-11-20-19-8-3-4-9-22(19)27-23(20)14-18/h3-14H,1-2H3/i5D,6D,7D,12D. The van der Waals surface area contributed by atoms with Gasteiger partial charge in [-0.3, -0.25) is 0 Å². The third-order valence-electron chi connectivity index (χ3n) is 4.50. The largest absolute Gasteiger partial charge is 0.233 e. The Bertz CT molecular complexity index is 1480. The maximum absolute atomic E-state index is 8.44. The molecule has 27 heavy (non-hydrogen) atoms. The highest BCUT2D eigenvalue weighted by molar-refractivity contribution is 7.25. The van der Waals surface area contributed by atoms with E-state index in [1.807, 2.05) is 25.1 Å². The van der Waals surface area contributed by atoms with Crippen LogP contribution < -0.4 is 0 Å². The fourth-order valence-electron chi connectivity index (χ4n) is 3.26. The minimum Gasteiger partial charge on any atom is -0.233 e. The minimum absolute atomic E-state index is 0.0648. The number of aromatic nitrogens is 2. The van der Waals surface area contributed by atoms with Crippen LogP contribution in [0.25, 0.3) is 42.8 Å². The van der Waals surface area contributed by atoms with Crippen LogP contribution in [0.1, 0.15) is 16.7 Å². The Morgan fingerprint density at radius 1 is 0.852 bits per heavy atom. The van der Waals surface area contributed by atoms with Crippen LogP contribution in [0, 0.1) is 13.8 Å². The van der Waals surface area contributed by atoms with E-state index in [1.54, 1.807) is 24.3 Å². The fourth-order valence-corrected chi connectivity index (χ4v) is 4.40. The van der Waals surface area contributed by atoms with Crippen molar-refractivity contribution >= 4 is 31.5 Å². The van der Waals surface area contributed by atoms with Crippen molar-refractivity contribution in [2.45, 2.75) is 13.8 Å². The van der Waals surface area contributed by atoms with E-state index in [9.17, 15) is 0 Å². The molecule has 0 N–H and O–H groups in total. The Hall–Kier alpha value is -3.04. The molecule has 0 unspecified atom stereocenters. The molecule has 130 valence electrons. The van der Waals surface area contributed by atoms with E-state index in [4.69, 9.17) is 5.48 Å². The van der Waals surface area contributed by atoms with Crippen molar-refractivity contribution in [2.24, 2.45) is 0 Å². The van der Waals surface area contributed by atoms with Gasteiger partial charge in [0.15, 0.2) is 5.82 Å². The van der Waals surface area contributed by atoms with Crippen LogP contribution >= 0.6 is 11.3 Å². The van der Waals surface area contributed by atoms with Crippen molar-refractivity contribution in [3.05, 3.63) is 84.0 Å². The molecule has 0 spiro atoms. The molecule has 0 saturated heterocycles. The monoisotopic (exact) mass is 370 g/mol. The highest BCUT2D eigenvalue weighted by Crippen LogP contribution is 2.36. The maximum Gasteiger partial charge on any atom is 0.160 e. The van der Waals surface area contributed by atoms with Crippen LogP contribution in [0.4, 0.5) is 0 Å². The fraction of sp³-hybridized carbons (Fsp3) is 0.0833. The van der Waals surface area contributed by atoms with Crippen LogP contribution in [0.3, 0.4) is 0 Å². The van der Waals surface area contributed by atoms with E-state index in [2.05, 4.69) is 34.2 Å². The highest BCUT2D eigenvalue weighted by atomic mass is 32.1. The quantitative estimate of drug-likeness (QED) is 0.342. The van der Waals surface area contributed by atoms with Gasteiger partial charge < -0.3 is 0 Å². The van der Waals surface area contributed by atoms with Gasteiger partial charge in [0.1, 0.15) is 0 Å². The summed E-state index contributed by atoms with van der Waals surface area (Å²) in [5.41, 5.74) is 2.66. The number of benzene rings is 3. The summed E-state index contributed by atoms with van der Waals surface area (Å²) in [6, 6.07) is 15.9. The Balaban J connectivity index is 1.71. The molecule has 0 aliphatic heterocycles. The van der Waals surface area contributed by atoms with E-state index < -0.39 is 0 Å². The van der Waals surface area contributed by atoms with E-state index in [0.29, 0.717) is 17.1 Å². The second-order valence-corrected chi connectivity index (χ2v) is 7.61. The predicted octanol–water partition coefficient (Wildman–Crippen LogP) is 6.80. The number of aryl methyl sites for hydroxylation is 1. The number of rotatable bonds is 2. The van der Waals surface area contributed by atoms with Gasteiger partial charge in [-0.2, -0.15) is 0 Å². The first-order valence-electron chi connectivity index (χ1n) is 10.7. The maximum atomic E-state index is 8.44.